The molecule has 4 rings (SSSR count). The van der Waals surface area contributed by atoms with Crippen molar-refractivity contribution in [2.75, 3.05) is 17.7 Å². The molecule has 0 unspecified atom stereocenters. The maximum absolute atomic E-state index is 13.3. The molecule has 3 aromatic rings. The second-order valence-electron chi connectivity index (χ2n) is 7.33. The number of ether oxygens (including phenoxy) is 1. The summed E-state index contributed by atoms with van der Waals surface area (Å²) in [5.41, 5.74) is 2.16. The topological polar surface area (TPSA) is 111 Å². The smallest absolute Gasteiger partial charge is 0.269 e. The van der Waals surface area contributed by atoms with Crippen molar-refractivity contribution in [3.05, 3.63) is 80.2 Å². The Balaban J connectivity index is 1.64. The molecule has 32 heavy (non-hydrogen) atoms. The van der Waals surface area contributed by atoms with Crippen molar-refractivity contribution in [3.8, 4) is 5.75 Å². The summed E-state index contributed by atoms with van der Waals surface area (Å²) in [6.07, 6.45) is 3.65. The van der Waals surface area contributed by atoms with Gasteiger partial charge in [0.15, 0.2) is 0 Å². The number of amides is 2. The van der Waals surface area contributed by atoms with Crippen LogP contribution in [0.2, 0.25) is 0 Å². The van der Waals surface area contributed by atoms with E-state index in [0.29, 0.717) is 22.0 Å². The zero-order valence-corrected chi connectivity index (χ0v) is 18.2. The highest BCUT2D eigenvalue weighted by Gasteiger charge is 2.27. The number of fused-ring (bicyclic) bond motifs is 1. The van der Waals surface area contributed by atoms with Gasteiger partial charge in [0.2, 0.25) is 0 Å². The van der Waals surface area contributed by atoms with Crippen molar-refractivity contribution in [1.82, 2.24) is 0 Å². The van der Waals surface area contributed by atoms with Gasteiger partial charge >= 0.3 is 0 Å². The Kier molecular flexibility index (Phi) is 6.18. The Hall–Kier alpha value is -3.72. The van der Waals surface area contributed by atoms with E-state index >= 15 is 0 Å². The third-order valence-corrected chi connectivity index (χ3v) is 6.53. The molecule has 0 aliphatic heterocycles. The van der Waals surface area contributed by atoms with E-state index in [1.807, 2.05) is 6.07 Å². The molecule has 0 saturated carbocycles. The number of nitrogens with zero attached hydrogens (tertiary/aromatic N) is 1. The maximum Gasteiger partial charge on any atom is 0.269 e. The van der Waals surface area contributed by atoms with Crippen LogP contribution in [0.3, 0.4) is 0 Å². The van der Waals surface area contributed by atoms with Gasteiger partial charge in [0.25, 0.3) is 17.5 Å². The van der Waals surface area contributed by atoms with Gasteiger partial charge in [-0.15, -0.1) is 11.3 Å². The number of non-ortho nitro benzene ring substituents is 1. The second-order valence-corrected chi connectivity index (χ2v) is 8.43. The Labute approximate surface area is 188 Å². The summed E-state index contributed by atoms with van der Waals surface area (Å²) in [5.74, 6) is -0.195. The number of nitro benzene ring substituents is 1. The average molecular weight is 452 g/mol. The molecule has 0 radical (unpaired) electrons. The van der Waals surface area contributed by atoms with Gasteiger partial charge in [-0.2, -0.15) is 0 Å². The molecule has 1 heterocycles. The van der Waals surface area contributed by atoms with Crippen LogP contribution >= 0.6 is 11.3 Å². The molecule has 1 aliphatic rings. The highest BCUT2D eigenvalue weighted by molar-refractivity contribution is 7.17. The number of rotatable bonds is 6. The van der Waals surface area contributed by atoms with Gasteiger partial charge in [0, 0.05) is 22.6 Å². The molecule has 0 spiro atoms. The number of benzene rings is 2. The molecule has 1 aliphatic carbocycles. The minimum Gasteiger partial charge on any atom is -0.495 e. The molecule has 0 fully saturated rings. The zero-order valence-electron chi connectivity index (χ0n) is 17.3. The molecule has 0 bridgehead atoms. The van der Waals surface area contributed by atoms with Crippen molar-refractivity contribution >= 4 is 39.5 Å². The number of nitro groups is 1. The number of para-hydroxylation sites is 2. The predicted molar refractivity (Wildman–Crippen MR) is 123 cm³/mol. The fourth-order valence-corrected chi connectivity index (χ4v) is 5.02. The van der Waals surface area contributed by atoms with E-state index in [4.69, 9.17) is 4.74 Å². The second kappa shape index (κ2) is 9.19. The lowest BCUT2D eigenvalue weighted by atomic mass is 9.95. The van der Waals surface area contributed by atoms with Crippen LogP contribution in [-0.2, 0) is 12.8 Å². The van der Waals surface area contributed by atoms with Crippen LogP contribution in [-0.4, -0.2) is 23.8 Å². The highest BCUT2D eigenvalue weighted by Crippen LogP contribution is 2.39. The standard InChI is InChI=1S/C23H21N3O5S/c1-31-18-8-4-3-7-17(18)24-22(28)20-16-6-2-5-9-19(16)32-23(20)25-21(27)14-10-12-15(13-11-14)26(29)30/h3-4,7-8,10-13H,2,5-6,9H2,1H3,(H,24,28)(H,25,27). The van der Waals surface area contributed by atoms with Crippen LogP contribution in [0, 0.1) is 10.1 Å². The van der Waals surface area contributed by atoms with Gasteiger partial charge in [-0.1, -0.05) is 12.1 Å². The van der Waals surface area contributed by atoms with E-state index in [1.165, 1.54) is 42.7 Å². The van der Waals surface area contributed by atoms with E-state index in [-0.39, 0.29) is 17.2 Å². The van der Waals surface area contributed by atoms with Crippen molar-refractivity contribution in [2.45, 2.75) is 25.7 Å². The number of carbonyl (C=O) groups is 2. The lowest BCUT2D eigenvalue weighted by molar-refractivity contribution is -0.384. The molecular formula is C23H21N3O5S. The number of methoxy groups -OCH3 is 1. The minimum atomic E-state index is -0.519. The predicted octanol–water partition coefficient (Wildman–Crippen LogP) is 5.05. The van der Waals surface area contributed by atoms with Gasteiger partial charge in [0.05, 0.1) is 23.3 Å². The Morgan fingerprint density at radius 2 is 1.72 bits per heavy atom. The van der Waals surface area contributed by atoms with E-state index in [1.54, 1.807) is 18.2 Å². The normalized spacial score (nSPS) is 12.5. The number of aryl methyl sites for hydroxylation is 1. The summed E-state index contributed by atoms with van der Waals surface area (Å²) >= 11 is 1.41. The SMILES string of the molecule is COc1ccccc1NC(=O)c1c(NC(=O)c2ccc([N+](=O)[O-])cc2)sc2c1CCCC2. The maximum atomic E-state index is 13.3. The third-order valence-electron chi connectivity index (χ3n) is 5.32. The van der Waals surface area contributed by atoms with Crippen molar-refractivity contribution < 1.29 is 19.2 Å². The summed E-state index contributed by atoms with van der Waals surface area (Å²) < 4.78 is 5.33. The summed E-state index contributed by atoms with van der Waals surface area (Å²) in [4.78, 5) is 37.5. The molecule has 0 atom stereocenters. The average Bonchev–Trinajstić information content (AvgIpc) is 3.17. The molecule has 9 heteroatoms. The van der Waals surface area contributed by atoms with Gasteiger partial charge < -0.3 is 15.4 Å². The molecular weight excluding hydrogens is 430 g/mol. The van der Waals surface area contributed by atoms with Crippen LogP contribution in [0.5, 0.6) is 5.75 Å². The first-order valence-corrected chi connectivity index (χ1v) is 10.9. The molecule has 8 nitrogen and oxygen atoms in total. The quantitative estimate of drug-likeness (QED) is 0.403. The Morgan fingerprint density at radius 1 is 1.00 bits per heavy atom. The number of thiophene rings is 1. The summed E-state index contributed by atoms with van der Waals surface area (Å²) in [6, 6.07) is 12.5. The van der Waals surface area contributed by atoms with Crippen LogP contribution in [0.4, 0.5) is 16.4 Å². The summed E-state index contributed by atoms with van der Waals surface area (Å²) in [5, 5.41) is 17.1. The van der Waals surface area contributed by atoms with Crippen LogP contribution < -0.4 is 15.4 Å². The fourth-order valence-electron chi connectivity index (χ4n) is 3.74. The molecule has 164 valence electrons. The molecule has 0 saturated heterocycles. The number of hydrogen-bond acceptors (Lipinski definition) is 6. The van der Waals surface area contributed by atoms with E-state index in [0.717, 1.165) is 36.1 Å². The molecule has 2 N–H and O–H groups in total. The molecule has 2 amide bonds. The zero-order chi connectivity index (χ0) is 22.7. The number of carbonyl (C=O) groups excluding carboxylic acids is 2. The summed E-state index contributed by atoms with van der Waals surface area (Å²) in [6.45, 7) is 0. The minimum absolute atomic E-state index is 0.0926. The van der Waals surface area contributed by atoms with Gasteiger partial charge in [-0.25, -0.2) is 0 Å². The van der Waals surface area contributed by atoms with Crippen LogP contribution in [0.1, 0.15) is 44.0 Å². The first kappa shape index (κ1) is 21.5. The largest absolute Gasteiger partial charge is 0.495 e. The van der Waals surface area contributed by atoms with Crippen LogP contribution in [0.25, 0.3) is 0 Å². The monoisotopic (exact) mass is 451 g/mol. The van der Waals surface area contributed by atoms with Gasteiger partial charge in [-0.05, 0) is 55.5 Å². The van der Waals surface area contributed by atoms with E-state index < -0.39 is 10.8 Å². The van der Waals surface area contributed by atoms with Gasteiger partial charge in [-0.3, -0.25) is 19.7 Å². The molecule has 1 aromatic heterocycles. The summed E-state index contributed by atoms with van der Waals surface area (Å²) in [7, 11) is 1.54. The van der Waals surface area contributed by atoms with Crippen molar-refractivity contribution in [2.24, 2.45) is 0 Å². The van der Waals surface area contributed by atoms with Crippen LogP contribution in [0.15, 0.2) is 48.5 Å². The number of nitrogens with one attached hydrogen (secondary N) is 2. The number of hydrogen-bond donors (Lipinski definition) is 2. The first-order chi connectivity index (χ1) is 15.5. The van der Waals surface area contributed by atoms with Crippen molar-refractivity contribution in [1.29, 1.82) is 0 Å². The first-order valence-electron chi connectivity index (χ1n) is 10.1. The van der Waals surface area contributed by atoms with E-state index in [2.05, 4.69) is 10.6 Å². The Morgan fingerprint density at radius 3 is 2.44 bits per heavy atom. The van der Waals surface area contributed by atoms with Crippen molar-refractivity contribution in [3.63, 3.8) is 0 Å². The fraction of sp³-hybridized carbons (Fsp3) is 0.217. The number of anilines is 2. The lowest BCUT2D eigenvalue weighted by Gasteiger charge is -2.14. The lowest BCUT2D eigenvalue weighted by Crippen LogP contribution is -2.19. The van der Waals surface area contributed by atoms with Gasteiger partial charge in [0.1, 0.15) is 10.8 Å². The Bertz CT molecular complexity index is 1190. The highest BCUT2D eigenvalue weighted by atomic mass is 32.1. The van der Waals surface area contributed by atoms with E-state index in [9.17, 15) is 19.7 Å². The molecule has 2 aromatic carbocycles. The third kappa shape index (κ3) is 4.33.